The Morgan fingerprint density at radius 2 is 1.95 bits per heavy atom. The molecule has 3 rings (SSSR count). The van der Waals surface area contributed by atoms with Gasteiger partial charge in [0.25, 0.3) is 0 Å². The molecule has 0 saturated carbocycles. The smallest absolute Gasteiger partial charge is 0.224 e. The fourth-order valence-corrected chi connectivity index (χ4v) is 2.72. The molecule has 106 valence electrons. The van der Waals surface area contributed by atoms with Gasteiger partial charge in [0, 0.05) is 18.1 Å². The van der Waals surface area contributed by atoms with Gasteiger partial charge in [0.15, 0.2) is 0 Å². The second-order valence-corrected chi connectivity index (χ2v) is 5.67. The van der Waals surface area contributed by atoms with Crippen LogP contribution in [0.3, 0.4) is 0 Å². The van der Waals surface area contributed by atoms with Gasteiger partial charge >= 0.3 is 0 Å². The van der Waals surface area contributed by atoms with Crippen LogP contribution < -0.4 is 4.90 Å². The van der Waals surface area contributed by atoms with Gasteiger partial charge in [0.05, 0.1) is 12.2 Å². The van der Waals surface area contributed by atoms with E-state index < -0.39 is 0 Å². The van der Waals surface area contributed by atoms with E-state index in [4.69, 9.17) is 23.2 Å². The largest absolute Gasteiger partial charge is 0.308 e. The Hall–Kier alpha value is -1.84. The highest BCUT2D eigenvalue weighted by atomic mass is 35.5. The number of aromatic nitrogens is 1. The first-order valence-corrected chi connectivity index (χ1v) is 7.20. The van der Waals surface area contributed by atoms with Gasteiger partial charge < -0.3 is 4.90 Å². The van der Waals surface area contributed by atoms with Crippen LogP contribution in [0.4, 0.5) is 5.69 Å². The average molecular weight is 319 g/mol. The van der Waals surface area contributed by atoms with Crippen molar-refractivity contribution >= 4 is 46.9 Å². The van der Waals surface area contributed by atoms with Gasteiger partial charge in [-0.15, -0.1) is 0 Å². The van der Waals surface area contributed by atoms with Crippen molar-refractivity contribution in [3.8, 4) is 0 Å². The van der Waals surface area contributed by atoms with Crippen molar-refractivity contribution < 1.29 is 4.79 Å². The van der Waals surface area contributed by atoms with E-state index in [9.17, 15) is 4.79 Å². The number of amides is 1. The Morgan fingerprint density at radius 3 is 2.71 bits per heavy atom. The summed E-state index contributed by atoms with van der Waals surface area (Å²) in [6, 6.07) is 7.30. The number of pyridine rings is 1. The molecule has 2 heterocycles. The molecule has 21 heavy (non-hydrogen) atoms. The van der Waals surface area contributed by atoms with E-state index >= 15 is 0 Å². The van der Waals surface area contributed by atoms with Crippen LogP contribution in [0.5, 0.6) is 0 Å². The molecule has 1 amide bonds. The van der Waals surface area contributed by atoms with Crippen LogP contribution in [0.15, 0.2) is 30.5 Å². The van der Waals surface area contributed by atoms with E-state index in [1.54, 1.807) is 30.2 Å². The van der Waals surface area contributed by atoms with E-state index in [1.165, 1.54) is 0 Å². The Labute approximate surface area is 132 Å². The van der Waals surface area contributed by atoms with Gasteiger partial charge in [-0.3, -0.25) is 4.79 Å². The number of rotatable bonds is 0. The summed E-state index contributed by atoms with van der Waals surface area (Å²) in [5, 5.41) is 1.01. The highest BCUT2D eigenvalue weighted by molar-refractivity contribution is 6.31. The highest BCUT2D eigenvalue weighted by Crippen LogP contribution is 2.31. The Bertz CT molecular complexity index is 756. The molecular formula is C16H12Cl2N2O. The standard InChI is InChI=1S/C16H12Cl2N2O/c1-10(21)20-9-13-6-16(18)19-8-12(13)3-2-11-4-5-14(17)7-15(11)20/h2-8H,9H2,1H3. The Kier molecular flexibility index (Phi) is 3.70. The maximum absolute atomic E-state index is 12.0. The SMILES string of the molecule is CC(=O)N1Cc2cc(Cl)ncc2C=Cc2ccc(Cl)cc21. The Morgan fingerprint density at radius 1 is 1.19 bits per heavy atom. The third-order valence-corrected chi connectivity index (χ3v) is 3.87. The summed E-state index contributed by atoms with van der Waals surface area (Å²) in [5.41, 5.74) is 3.64. The molecule has 2 aromatic rings. The van der Waals surface area contributed by atoms with E-state index in [0.29, 0.717) is 16.7 Å². The number of hydrogen-bond acceptors (Lipinski definition) is 2. The first-order valence-electron chi connectivity index (χ1n) is 6.45. The summed E-state index contributed by atoms with van der Waals surface area (Å²) in [5.74, 6) is -0.0484. The molecule has 0 atom stereocenters. The maximum Gasteiger partial charge on any atom is 0.224 e. The summed E-state index contributed by atoms with van der Waals surface area (Å²) in [7, 11) is 0. The van der Waals surface area contributed by atoms with Gasteiger partial charge in [0.2, 0.25) is 5.91 Å². The third-order valence-electron chi connectivity index (χ3n) is 3.43. The zero-order valence-corrected chi connectivity index (χ0v) is 12.8. The van der Waals surface area contributed by atoms with E-state index in [1.807, 2.05) is 24.3 Å². The number of anilines is 1. The van der Waals surface area contributed by atoms with E-state index in [-0.39, 0.29) is 5.91 Å². The molecule has 0 fully saturated rings. The zero-order valence-electron chi connectivity index (χ0n) is 11.3. The molecule has 0 saturated heterocycles. The summed E-state index contributed by atoms with van der Waals surface area (Å²) in [6.07, 6.45) is 5.64. The van der Waals surface area contributed by atoms with Crippen LogP contribution in [-0.4, -0.2) is 10.9 Å². The average Bonchev–Trinajstić information content (AvgIpc) is 2.42. The minimum absolute atomic E-state index is 0.0484. The summed E-state index contributed by atoms with van der Waals surface area (Å²) < 4.78 is 0. The first kappa shape index (κ1) is 14.1. The number of hydrogen-bond donors (Lipinski definition) is 0. The summed E-state index contributed by atoms with van der Waals surface area (Å²) >= 11 is 12.0. The summed E-state index contributed by atoms with van der Waals surface area (Å²) in [6.45, 7) is 1.98. The molecule has 0 aliphatic carbocycles. The van der Waals surface area contributed by atoms with Crippen molar-refractivity contribution in [1.82, 2.24) is 4.98 Å². The van der Waals surface area contributed by atoms with Crippen LogP contribution >= 0.6 is 23.2 Å². The predicted octanol–water partition coefficient (Wildman–Crippen LogP) is 4.43. The molecule has 5 heteroatoms. The number of carbonyl (C=O) groups is 1. The van der Waals surface area contributed by atoms with Gasteiger partial charge in [-0.05, 0) is 34.9 Å². The lowest BCUT2D eigenvalue weighted by Gasteiger charge is -2.26. The van der Waals surface area contributed by atoms with Crippen molar-refractivity contribution in [1.29, 1.82) is 0 Å². The van der Waals surface area contributed by atoms with E-state index in [0.717, 1.165) is 22.4 Å². The fourth-order valence-electron chi connectivity index (χ4n) is 2.37. The lowest BCUT2D eigenvalue weighted by molar-refractivity contribution is -0.116. The van der Waals surface area contributed by atoms with Crippen LogP contribution in [0, 0.1) is 0 Å². The Balaban J connectivity index is 2.21. The van der Waals surface area contributed by atoms with Crippen molar-refractivity contribution in [3.05, 3.63) is 57.3 Å². The fraction of sp³-hybridized carbons (Fsp3) is 0.125. The maximum atomic E-state index is 12.0. The van der Waals surface area contributed by atoms with Crippen molar-refractivity contribution in [2.45, 2.75) is 13.5 Å². The molecule has 1 aromatic heterocycles. The molecule has 3 nitrogen and oxygen atoms in total. The second-order valence-electron chi connectivity index (χ2n) is 4.85. The molecule has 1 aliphatic heterocycles. The van der Waals surface area contributed by atoms with Crippen LogP contribution in [0.25, 0.3) is 12.2 Å². The lowest BCUT2D eigenvalue weighted by atomic mass is 10.0. The number of nitrogens with zero attached hydrogens (tertiary/aromatic N) is 2. The van der Waals surface area contributed by atoms with Crippen LogP contribution in [-0.2, 0) is 11.3 Å². The molecule has 0 N–H and O–H groups in total. The molecule has 0 radical (unpaired) electrons. The molecule has 0 bridgehead atoms. The molecular weight excluding hydrogens is 307 g/mol. The topological polar surface area (TPSA) is 33.2 Å². The minimum Gasteiger partial charge on any atom is -0.308 e. The van der Waals surface area contributed by atoms with Gasteiger partial charge in [-0.1, -0.05) is 41.4 Å². The van der Waals surface area contributed by atoms with Crippen LogP contribution in [0.2, 0.25) is 10.2 Å². The normalized spacial score (nSPS) is 13.2. The third kappa shape index (κ3) is 2.80. The molecule has 0 spiro atoms. The zero-order chi connectivity index (χ0) is 15.0. The highest BCUT2D eigenvalue weighted by Gasteiger charge is 2.19. The minimum atomic E-state index is -0.0484. The second kappa shape index (κ2) is 5.51. The number of halogens is 2. The van der Waals surface area contributed by atoms with Crippen LogP contribution in [0.1, 0.15) is 23.6 Å². The van der Waals surface area contributed by atoms with Crippen molar-refractivity contribution in [3.63, 3.8) is 0 Å². The monoisotopic (exact) mass is 318 g/mol. The number of carbonyl (C=O) groups excluding carboxylic acids is 1. The van der Waals surface area contributed by atoms with Gasteiger partial charge in [0.1, 0.15) is 5.15 Å². The van der Waals surface area contributed by atoms with Crippen molar-refractivity contribution in [2.24, 2.45) is 0 Å². The molecule has 1 aromatic carbocycles. The van der Waals surface area contributed by atoms with E-state index in [2.05, 4.69) is 4.98 Å². The summed E-state index contributed by atoms with van der Waals surface area (Å²) in [4.78, 5) is 17.8. The quantitative estimate of drug-likeness (QED) is 0.673. The predicted molar refractivity (Wildman–Crippen MR) is 86.5 cm³/mol. The molecule has 1 aliphatic rings. The number of fused-ring (bicyclic) bond motifs is 2. The lowest BCUT2D eigenvalue weighted by Crippen LogP contribution is -2.29. The molecule has 0 unspecified atom stereocenters. The first-order chi connectivity index (χ1) is 10.0. The van der Waals surface area contributed by atoms with Gasteiger partial charge in [-0.25, -0.2) is 4.98 Å². The van der Waals surface area contributed by atoms with Crippen molar-refractivity contribution in [2.75, 3.05) is 4.90 Å². The number of benzene rings is 1. The van der Waals surface area contributed by atoms with Gasteiger partial charge in [-0.2, -0.15) is 0 Å².